The Hall–Kier alpha value is -1.26. The van der Waals surface area contributed by atoms with Gasteiger partial charge in [-0.05, 0) is 25.1 Å². The van der Waals surface area contributed by atoms with Gasteiger partial charge in [0.2, 0.25) is 5.91 Å². The fourth-order valence-electron chi connectivity index (χ4n) is 1.79. The van der Waals surface area contributed by atoms with Crippen LogP contribution in [0.1, 0.15) is 18.9 Å². The first-order valence-electron chi connectivity index (χ1n) is 6.03. The van der Waals surface area contributed by atoms with Gasteiger partial charge in [-0.2, -0.15) is 0 Å². The third-order valence-electron chi connectivity index (χ3n) is 2.63. The average molecular weight is 270 g/mol. The van der Waals surface area contributed by atoms with E-state index in [2.05, 4.69) is 12.2 Å². The SMILES string of the molecule is CCCNCc1c(Cl)cccc1N(C)CC(N)=O. The van der Waals surface area contributed by atoms with Gasteiger partial charge in [-0.25, -0.2) is 0 Å². The number of likely N-dealkylation sites (N-methyl/N-ethyl adjacent to an activating group) is 1. The van der Waals surface area contributed by atoms with Gasteiger partial charge in [-0.15, -0.1) is 0 Å². The van der Waals surface area contributed by atoms with Gasteiger partial charge in [-0.3, -0.25) is 4.79 Å². The number of carbonyl (C=O) groups excluding carboxylic acids is 1. The molecule has 1 aromatic rings. The molecule has 0 aromatic heterocycles. The van der Waals surface area contributed by atoms with Crippen LogP contribution in [0.15, 0.2) is 18.2 Å². The van der Waals surface area contributed by atoms with Crippen molar-refractivity contribution in [1.82, 2.24) is 5.32 Å². The van der Waals surface area contributed by atoms with Crippen LogP contribution in [0.3, 0.4) is 0 Å². The molecule has 0 saturated carbocycles. The molecule has 0 atom stereocenters. The summed E-state index contributed by atoms with van der Waals surface area (Å²) in [6.45, 7) is 3.91. The van der Waals surface area contributed by atoms with Gasteiger partial charge in [0.1, 0.15) is 0 Å². The average Bonchev–Trinajstić information content (AvgIpc) is 2.30. The molecule has 0 bridgehead atoms. The smallest absolute Gasteiger partial charge is 0.236 e. The molecule has 0 spiro atoms. The zero-order valence-electron chi connectivity index (χ0n) is 10.9. The van der Waals surface area contributed by atoms with Gasteiger partial charge < -0.3 is 16.0 Å². The van der Waals surface area contributed by atoms with Crippen LogP contribution in [0.25, 0.3) is 0 Å². The topological polar surface area (TPSA) is 58.4 Å². The Bertz CT molecular complexity index is 409. The van der Waals surface area contributed by atoms with Crippen molar-refractivity contribution >= 4 is 23.2 Å². The van der Waals surface area contributed by atoms with E-state index < -0.39 is 0 Å². The van der Waals surface area contributed by atoms with Crippen LogP contribution in [0.2, 0.25) is 5.02 Å². The lowest BCUT2D eigenvalue weighted by atomic mass is 10.1. The van der Waals surface area contributed by atoms with Gasteiger partial charge in [0.05, 0.1) is 6.54 Å². The molecule has 0 unspecified atom stereocenters. The molecule has 0 aliphatic rings. The predicted octanol–water partition coefficient (Wildman–Crippen LogP) is 1.76. The van der Waals surface area contributed by atoms with Gasteiger partial charge in [-0.1, -0.05) is 24.6 Å². The molecule has 0 saturated heterocycles. The van der Waals surface area contributed by atoms with Crippen molar-refractivity contribution in [2.45, 2.75) is 19.9 Å². The van der Waals surface area contributed by atoms with Crippen molar-refractivity contribution < 1.29 is 4.79 Å². The van der Waals surface area contributed by atoms with Crippen molar-refractivity contribution in [2.75, 3.05) is 25.0 Å². The van der Waals surface area contributed by atoms with Crippen molar-refractivity contribution in [3.63, 3.8) is 0 Å². The highest BCUT2D eigenvalue weighted by atomic mass is 35.5. The first kappa shape index (κ1) is 14.8. The summed E-state index contributed by atoms with van der Waals surface area (Å²) in [5.74, 6) is -0.357. The molecule has 0 radical (unpaired) electrons. The number of amides is 1. The number of rotatable bonds is 7. The van der Waals surface area contributed by atoms with E-state index in [0.717, 1.165) is 24.2 Å². The van der Waals surface area contributed by atoms with Crippen molar-refractivity contribution in [1.29, 1.82) is 0 Å². The number of hydrogen-bond acceptors (Lipinski definition) is 3. The summed E-state index contributed by atoms with van der Waals surface area (Å²) in [4.78, 5) is 12.8. The highest BCUT2D eigenvalue weighted by Crippen LogP contribution is 2.26. The minimum absolute atomic E-state index is 0.182. The molecule has 1 rings (SSSR count). The zero-order valence-corrected chi connectivity index (χ0v) is 11.6. The normalized spacial score (nSPS) is 10.4. The fraction of sp³-hybridized carbons (Fsp3) is 0.462. The summed E-state index contributed by atoms with van der Waals surface area (Å²) in [7, 11) is 1.83. The van der Waals surface area contributed by atoms with E-state index in [4.69, 9.17) is 17.3 Å². The lowest BCUT2D eigenvalue weighted by Crippen LogP contribution is -2.31. The third kappa shape index (κ3) is 4.20. The van der Waals surface area contributed by atoms with Gasteiger partial charge in [0.25, 0.3) is 0 Å². The minimum Gasteiger partial charge on any atom is -0.368 e. The maximum absolute atomic E-state index is 11.0. The monoisotopic (exact) mass is 269 g/mol. The molecule has 0 aliphatic heterocycles. The summed E-state index contributed by atoms with van der Waals surface area (Å²) in [6.07, 6.45) is 1.07. The molecule has 1 aromatic carbocycles. The van der Waals surface area contributed by atoms with E-state index in [0.29, 0.717) is 11.6 Å². The van der Waals surface area contributed by atoms with Crippen LogP contribution in [0, 0.1) is 0 Å². The third-order valence-corrected chi connectivity index (χ3v) is 2.98. The molecule has 0 heterocycles. The Labute approximate surface area is 113 Å². The van der Waals surface area contributed by atoms with E-state index in [1.54, 1.807) is 0 Å². The second-order valence-electron chi connectivity index (χ2n) is 4.24. The molecule has 100 valence electrons. The number of nitrogens with one attached hydrogen (secondary N) is 1. The van der Waals surface area contributed by atoms with Crippen molar-refractivity contribution in [2.24, 2.45) is 5.73 Å². The van der Waals surface area contributed by atoms with Crippen LogP contribution in [-0.2, 0) is 11.3 Å². The van der Waals surface area contributed by atoms with Crippen LogP contribution in [0.5, 0.6) is 0 Å². The standard InChI is InChI=1S/C13H20ClN3O/c1-3-7-16-8-10-11(14)5-4-6-12(10)17(2)9-13(15)18/h4-6,16H,3,7-9H2,1-2H3,(H2,15,18). The molecule has 18 heavy (non-hydrogen) atoms. The second kappa shape index (κ2) is 7.24. The summed E-state index contributed by atoms with van der Waals surface area (Å²) < 4.78 is 0. The molecule has 3 N–H and O–H groups in total. The Morgan fingerprint density at radius 3 is 2.83 bits per heavy atom. The van der Waals surface area contributed by atoms with E-state index in [-0.39, 0.29) is 12.5 Å². The number of nitrogens with zero attached hydrogens (tertiary/aromatic N) is 1. The minimum atomic E-state index is -0.357. The van der Waals surface area contributed by atoms with Gasteiger partial charge in [0.15, 0.2) is 0 Å². The number of nitrogens with two attached hydrogens (primary N) is 1. The number of hydrogen-bond donors (Lipinski definition) is 2. The summed E-state index contributed by atoms with van der Waals surface area (Å²) in [5, 5.41) is 4.01. The maximum atomic E-state index is 11.0. The quantitative estimate of drug-likeness (QED) is 0.742. The van der Waals surface area contributed by atoms with E-state index >= 15 is 0 Å². The van der Waals surface area contributed by atoms with E-state index in [1.807, 2.05) is 30.1 Å². The number of benzene rings is 1. The van der Waals surface area contributed by atoms with Gasteiger partial charge in [0, 0.05) is 29.9 Å². The van der Waals surface area contributed by atoms with Gasteiger partial charge >= 0.3 is 0 Å². The highest BCUT2D eigenvalue weighted by Gasteiger charge is 2.11. The highest BCUT2D eigenvalue weighted by molar-refractivity contribution is 6.31. The summed E-state index contributed by atoms with van der Waals surface area (Å²) in [6, 6.07) is 5.67. The number of halogens is 1. The Morgan fingerprint density at radius 2 is 2.22 bits per heavy atom. The van der Waals surface area contributed by atoms with Crippen LogP contribution < -0.4 is 16.0 Å². The first-order chi connectivity index (χ1) is 8.56. The molecule has 0 aliphatic carbocycles. The fourth-order valence-corrected chi connectivity index (χ4v) is 2.03. The molecule has 5 heteroatoms. The van der Waals surface area contributed by atoms with Crippen LogP contribution >= 0.6 is 11.6 Å². The largest absolute Gasteiger partial charge is 0.368 e. The van der Waals surface area contributed by atoms with Crippen LogP contribution in [-0.4, -0.2) is 26.0 Å². The Morgan fingerprint density at radius 1 is 1.50 bits per heavy atom. The zero-order chi connectivity index (χ0) is 13.5. The molecule has 0 fully saturated rings. The van der Waals surface area contributed by atoms with Crippen molar-refractivity contribution in [3.8, 4) is 0 Å². The number of primary amides is 1. The first-order valence-corrected chi connectivity index (χ1v) is 6.41. The number of carbonyl (C=O) groups is 1. The lowest BCUT2D eigenvalue weighted by molar-refractivity contribution is -0.116. The molecular formula is C13H20ClN3O. The van der Waals surface area contributed by atoms with Crippen LogP contribution in [0.4, 0.5) is 5.69 Å². The maximum Gasteiger partial charge on any atom is 0.236 e. The summed E-state index contributed by atoms with van der Waals surface area (Å²) in [5.41, 5.74) is 7.14. The predicted molar refractivity (Wildman–Crippen MR) is 75.9 cm³/mol. The Kier molecular flexibility index (Phi) is 5.95. The summed E-state index contributed by atoms with van der Waals surface area (Å²) >= 11 is 6.21. The molecule has 4 nitrogen and oxygen atoms in total. The van der Waals surface area contributed by atoms with E-state index in [9.17, 15) is 4.79 Å². The number of anilines is 1. The Balaban J connectivity index is 2.88. The van der Waals surface area contributed by atoms with Crippen molar-refractivity contribution in [3.05, 3.63) is 28.8 Å². The molecular weight excluding hydrogens is 250 g/mol. The van der Waals surface area contributed by atoms with E-state index in [1.165, 1.54) is 0 Å². The molecule has 1 amide bonds. The lowest BCUT2D eigenvalue weighted by Gasteiger charge is -2.22. The second-order valence-corrected chi connectivity index (χ2v) is 4.64.